The van der Waals surface area contributed by atoms with Crippen molar-refractivity contribution in [2.24, 2.45) is 9.98 Å². The number of ether oxygens (including phenoxy) is 1. The summed E-state index contributed by atoms with van der Waals surface area (Å²) in [5.41, 5.74) is 0. The number of carbonyl (C=O) groups excluding carboxylic acids is 1. The van der Waals surface area contributed by atoms with Crippen LogP contribution in [0.3, 0.4) is 0 Å². The Morgan fingerprint density at radius 1 is 1.29 bits per heavy atom. The number of alkyl halides is 3. The van der Waals surface area contributed by atoms with Crippen LogP contribution in [0.15, 0.2) is 9.98 Å². The summed E-state index contributed by atoms with van der Waals surface area (Å²) in [5, 5.41) is -2.24. The Bertz CT molecular complexity index is 287. The fraction of sp³-hybridized carbons (Fsp3) is 0.400. The van der Waals surface area contributed by atoms with Gasteiger partial charge in [-0.2, -0.15) is 23.2 Å². The topological polar surface area (TPSA) is 51.0 Å². The lowest BCUT2D eigenvalue weighted by atomic mass is 10.6. The van der Waals surface area contributed by atoms with Gasteiger partial charge in [0.05, 0.1) is 7.11 Å². The number of rotatable bonds is 0. The largest absolute Gasteiger partial charge is 0.478 e. The number of hydrogen-bond acceptors (Lipinski definition) is 2. The van der Waals surface area contributed by atoms with Crippen molar-refractivity contribution < 1.29 is 22.7 Å². The van der Waals surface area contributed by atoms with Gasteiger partial charge in [-0.05, 0) is 23.2 Å². The summed E-state index contributed by atoms with van der Waals surface area (Å²) in [6, 6.07) is 0. The van der Waals surface area contributed by atoms with Gasteiger partial charge >= 0.3 is 11.5 Å². The molecule has 0 atom stereocenters. The van der Waals surface area contributed by atoms with Gasteiger partial charge in [-0.25, -0.2) is 0 Å². The third-order valence-corrected chi connectivity index (χ3v) is 1.06. The first-order valence-electron chi connectivity index (χ1n) is 2.91. The molecule has 1 amide bonds. The Hall–Kier alpha value is -0.820. The monoisotopic (exact) mass is 250 g/mol. The van der Waals surface area contributed by atoms with E-state index in [9.17, 15) is 18.0 Å². The summed E-state index contributed by atoms with van der Waals surface area (Å²) in [4.78, 5) is 15.5. The quantitative estimate of drug-likeness (QED) is 0.287. The van der Waals surface area contributed by atoms with Gasteiger partial charge in [0.1, 0.15) is 0 Å². The number of amidine groups is 1. The third-order valence-electron chi connectivity index (χ3n) is 0.810. The minimum absolute atomic E-state index is 0.749. The van der Waals surface area contributed by atoms with Crippen molar-refractivity contribution in [3.63, 3.8) is 0 Å². The van der Waals surface area contributed by atoms with E-state index in [0.29, 0.717) is 0 Å². The van der Waals surface area contributed by atoms with E-state index in [4.69, 9.17) is 23.2 Å². The number of amides is 1. The van der Waals surface area contributed by atoms with E-state index in [0.717, 1.165) is 7.11 Å². The molecule has 0 spiro atoms. The maximum atomic E-state index is 11.9. The zero-order valence-electron chi connectivity index (χ0n) is 6.60. The molecule has 0 aliphatic rings. The molecule has 9 heteroatoms. The Balaban J connectivity index is 4.87. The molecule has 0 fully saturated rings. The SMILES string of the molecule is CO/C(=N\C(Cl)=N\C(=O)Cl)C(F)(F)F. The van der Waals surface area contributed by atoms with Crippen molar-refractivity contribution in [3.8, 4) is 0 Å². The molecule has 0 unspecified atom stereocenters. The maximum Gasteiger partial charge on any atom is 0.468 e. The molecule has 0 rings (SSSR count). The summed E-state index contributed by atoms with van der Waals surface area (Å²) in [6.45, 7) is 0. The number of nitrogens with zero attached hydrogens (tertiary/aromatic N) is 2. The average molecular weight is 251 g/mol. The van der Waals surface area contributed by atoms with E-state index < -0.39 is 22.7 Å². The molecule has 0 radical (unpaired) electrons. The highest BCUT2D eigenvalue weighted by Gasteiger charge is 2.38. The lowest BCUT2D eigenvalue weighted by Gasteiger charge is -2.06. The van der Waals surface area contributed by atoms with E-state index >= 15 is 0 Å². The summed E-state index contributed by atoms with van der Waals surface area (Å²) in [5.74, 6) is -1.62. The van der Waals surface area contributed by atoms with Crippen molar-refractivity contribution in [3.05, 3.63) is 0 Å². The van der Waals surface area contributed by atoms with Gasteiger partial charge in [0.15, 0.2) is 0 Å². The summed E-state index contributed by atoms with van der Waals surface area (Å²) in [7, 11) is 0.749. The number of halogens is 5. The molecule has 0 aromatic heterocycles. The Kier molecular flexibility index (Phi) is 4.86. The van der Waals surface area contributed by atoms with Crippen molar-refractivity contribution in [2.45, 2.75) is 6.18 Å². The highest BCUT2D eigenvalue weighted by atomic mass is 35.5. The van der Waals surface area contributed by atoms with Crippen molar-refractivity contribution in [2.75, 3.05) is 7.11 Å². The van der Waals surface area contributed by atoms with Crippen LogP contribution in [0.5, 0.6) is 0 Å². The first-order valence-corrected chi connectivity index (χ1v) is 3.66. The highest BCUT2D eigenvalue weighted by Crippen LogP contribution is 2.18. The van der Waals surface area contributed by atoms with Crippen molar-refractivity contribution >= 4 is 39.8 Å². The lowest BCUT2D eigenvalue weighted by molar-refractivity contribution is -0.0753. The fourth-order valence-electron chi connectivity index (χ4n) is 0.406. The normalized spacial score (nSPS) is 14.1. The van der Waals surface area contributed by atoms with E-state index in [1.165, 1.54) is 0 Å². The average Bonchev–Trinajstić information content (AvgIpc) is 1.96. The Labute approximate surface area is 86.4 Å². The predicted octanol–water partition coefficient (Wildman–Crippen LogP) is 2.55. The lowest BCUT2D eigenvalue weighted by Crippen LogP contribution is -2.25. The molecule has 0 aliphatic heterocycles. The highest BCUT2D eigenvalue weighted by molar-refractivity contribution is 6.70. The number of aliphatic imine (C=N–C) groups is 2. The van der Waals surface area contributed by atoms with Crippen LogP contribution in [0.1, 0.15) is 0 Å². The zero-order chi connectivity index (χ0) is 11.4. The second-order valence-corrected chi connectivity index (χ2v) is 2.41. The van der Waals surface area contributed by atoms with E-state index in [-0.39, 0.29) is 0 Å². The molecule has 4 nitrogen and oxygen atoms in total. The first kappa shape index (κ1) is 13.2. The zero-order valence-corrected chi connectivity index (χ0v) is 8.11. The Morgan fingerprint density at radius 3 is 2.07 bits per heavy atom. The molecular formula is C5H3Cl2F3N2O2. The molecule has 0 heterocycles. The molecule has 0 saturated carbocycles. The standard InChI is InChI=1S/C5H3Cl2F3N2O2/c1-14-2(5(8,9)10)11-3(6)12-4(7)13/h1H3/b11-2-,12-3+. The fourth-order valence-corrected chi connectivity index (χ4v) is 0.683. The van der Waals surface area contributed by atoms with Crippen molar-refractivity contribution in [1.29, 1.82) is 0 Å². The van der Waals surface area contributed by atoms with Gasteiger partial charge in [-0.3, -0.25) is 4.79 Å². The molecule has 0 N–H and O–H groups in total. The van der Waals surface area contributed by atoms with Crippen LogP contribution in [-0.2, 0) is 4.74 Å². The van der Waals surface area contributed by atoms with E-state index in [1.807, 2.05) is 0 Å². The molecule has 0 aromatic rings. The van der Waals surface area contributed by atoms with Crippen LogP contribution in [0.25, 0.3) is 0 Å². The van der Waals surface area contributed by atoms with Crippen LogP contribution in [0, 0.1) is 0 Å². The Morgan fingerprint density at radius 2 is 1.79 bits per heavy atom. The van der Waals surface area contributed by atoms with Gasteiger partial charge in [0, 0.05) is 0 Å². The van der Waals surface area contributed by atoms with E-state index in [1.54, 1.807) is 0 Å². The maximum absolute atomic E-state index is 11.9. The molecule has 0 saturated heterocycles. The smallest absolute Gasteiger partial charge is 0.468 e. The minimum atomic E-state index is -4.81. The molecule has 80 valence electrons. The van der Waals surface area contributed by atoms with Gasteiger partial charge in [0.25, 0.3) is 5.90 Å². The number of hydrogen-bond donors (Lipinski definition) is 0. The van der Waals surface area contributed by atoms with Crippen LogP contribution < -0.4 is 0 Å². The first-order chi connectivity index (χ1) is 6.27. The predicted molar refractivity (Wildman–Crippen MR) is 45.0 cm³/mol. The minimum Gasteiger partial charge on any atom is -0.478 e. The third kappa shape index (κ3) is 5.03. The van der Waals surface area contributed by atoms with Gasteiger partial charge in [-0.15, -0.1) is 0 Å². The second-order valence-electron chi connectivity index (χ2n) is 1.75. The van der Waals surface area contributed by atoms with Crippen LogP contribution >= 0.6 is 23.2 Å². The molecule has 0 bridgehead atoms. The number of carbonyl (C=O) groups is 1. The number of methoxy groups -OCH3 is 1. The van der Waals surface area contributed by atoms with E-state index in [2.05, 4.69) is 14.7 Å². The van der Waals surface area contributed by atoms with Crippen LogP contribution in [-0.4, -0.2) is 29.8 Å². The van der Waals surface area contributed by atoms with Crippen molar-refractivity contribution in [1.82, 2.24) is 0 Å². The molecule has 0 aliphatic carbocycles. The molecule has 0 aromatic carbocycles. The molecular weight excluding hydrogens is 248 g/mol. The second kappa shape index (κ2) is 5.16. The van der Waals surface area contributed by atoms with Gasteiger partial charge in [-0.1, -0.05) is 0 Å². The van der Waals surface area contributed by atoms with Crippen LogP contribution in [0.4, 0.5) is 18.0 Å². The van der Waals surface area contributed by atoms with Gasteiger partial charge < -0.3 is 4.74 Å². The molecule has 14 heavy (non-hydrogen) atoms. The summed E-state index contributed by atoms with van der Waals surface area (Å²) in [6.07, 6.45) is -4.81. The summed E-state index contributed by atoms with van der Waals surface area (Å²) < 4.78 is 39.7. The summed E-state index contributed by atoms with van der Waals surface area (Å²) >= 11 is 9.74. The van der Waals surface area contributed by atoms with Gasteiger partial charge in [0.2, 0.25) is 5.29 Å². The van der Waals surface area contributed by atoms with Crippen LogP contribution in [0.2, 0.25) is 0 Å².